The maximum atomic E-state index is 5.65. The summed E-state index contributed by atoms with van der Waals surface area (Å²) in [7, 11) is -0.289. The molecule has 14 heavy (non-hydrogen) atoms. The predicted molar refractivity (Wildman–Crippen MR) is 71.2 cm³/mol. The van der Waals surface area contributed by atoms with Crippen LogP contribution in [-0.2, 0) is 4.12 Å². The minimum atomic E-state index is -1.21. The first kappa shape index (κ1) is 14.1. The minimum absolute atomic E-state index is 0.919. The molecular weight excluding hydrogens is 204 g/mol. The Labute approximate surface area is 93.6 Å². The van der Waals surface area contributed by atoms with E-state index in [0.717, 1.165) is 10.5 Å². The van der Waals surface area contributed by atoms with Gasteiger partial charge in [-0.2, -0.15) is 0 Å². The van der Waals surface area contributed by atoms with Crippen LogP contribution in [0.3, 0.4) is 0 Å². The summed E-state index contributed by atoms with van der Waals surface area (Å²) in [6.45, 7) is 8.39. The van der Waals surface area contributed by atoms with Crippen LogP contribution < -0.4 is 0 Å². The average Bonchev–Trinajstić information content (AvgIpc) is 2.16. The molecule has 0 saturated carbocycles. The second-order valence-corrected chi connectivity index (χ2v) is 10.2. The van der Waals surface area contributed by atoms with Crippen LogP contribution in [0.5, 0.6) is 0 Å². The molecule has 0 aliphatic carbocycles. The summed E-state index contributed by atoms with van der Waals surface area (Å²) in [6, 6.07) is 1.35. The summed E-state index contributed by atoms with van der Waals surface area (Å²) in [5, 5.41) is 0. The van der Waals surface area contributed by atoms with Gasteiger partial charge in [-0.25, -0.2) is 0 Å². The molecule has 3 heteroatoms. The quantitative estimate of drug-likeness (QED) is 0.336. The van der Waals surface area contributed by atoms with Crippen molar-refractivity contribution in [2.75, 3.05) is 0 Å². The van der Waals surface area contributed by atoms with Crippen molar-refractivity contribution >= 4 is 18.8 Å². The van der Waals surface area contributed by atoms with Gasteiger partial charge in [0.2, 0.25) is 0 Å². The first-order chi connectivity index (χ1) is 6.62. The zero-order valence-electron chi connectivity index (χ0n) is 10.1. The van der Waals surface area contributed by atoms with Crippen molar-refractivity contribution in [3.05, 3.63) is 12.7 Å². The molecule has 0 unspecified atom stereocenters. The van der Waals surface area contributed by atoms with Gasteiger partial charge in [-0.3, -0.25) is 0 Å². The van der Waals surface area contributed by atoms with Gasteiger partial charge in [0, 0.05) is 0 Å². The number of hydrogen-bond donors (Lipinski definition) is 0. The lowest BCUT2D eigenvalue weighted by atomic mass is 10.1. The summed E-state index contributed by atoms with van der Waals surface area (Å²) in [4.78, 5) is 0. The van der Waals surface area contributed by atoms with Gasteiger partial charge in [0.05, 0.1) is 0 Å². The van der Waals surface area contributed by atoms with Crippen LogP contribution in [0.2, 0.25) is 19.1 Å². The highest BCUT2D eigenvalue weighted by Gasteiger charge is 2.18. The molecule has 0 N–H and O–H groups in total. The molecule has 1 nitrogen and oxygen atoms in total. The highest BCUT2D eigenvalue weighted by Crippen LogP contribution is 2.16. The number of allylic oxidation sites excluding steroid dienone is 1. The van der Waals surface area contributed by atoms with Crippen molar-refractivity contribution in [3.63, 3.8) is 0 Å². The Hall–Kier alpha value is 0.134. The smallest absolute Gasteiger partial charge is 0.172 e. The maximum absolute atomic E-state index is 5.65. The fraction of sp³-hybridized carbons (Fsp3) is 0.818. The third-order valence-corrected chi connectivity index (χ3v) is 8.72. The van der Waals surface area contributed by atoms with Gasteiger partial charge in [-0.1, -0.05) is 31.8 Å². The Bertz CT molecular complexity index is 146. The highest BCUT2D eigenvalue weighted by molar-refractivity contribution is 6.73. The molecule has 0 aromatic heterocycles. The molecule has 0 radical (unpaired) electrons. The molecular formula is C11H26OSi2. The van der Waals surface area contributed by atoms with E-state index in [2.05, 4.69) is 19.7 Å². The van der Waals surface area contributed by atoms with Crippen LogP contribution in [0.4, 0.5) is 0 Å². The van der Waals surface area contributed by atoms with Gasteiger partial charge in [0.1, 0.15) is 10.5 Å². The standard InChI is InChI=1S/C11H26OSi2/c1-4-5-6-7-8-9-10-11-14(2,3)12-13/h4H,1,5-11H2,2-3,13H3. The molecule has 0 aliphatic rings. The summed E-state index contributed by atoms with van der Waals surface area (Å²) in [5.74, 6) is 0. The van der Waals surface area contributed by atoms with E-state index in [9.17, 15) is 0 Å². The Kier molecular flexibility index (Phi) is 8.52. The van der Waals surface area contributed by atoms with Crippen LogP contribution in [0.1, 0.15) is 38.5 Å². The van der Waals surface area contributed by atoms with E-state index >= 15 is 0 Å². The molecule has 0 rings (SSSR count). The SMILES string of the molecule is C=CCCCCCCC[Si](C)(C)O[SiH3]. The van der Waals surface area contributed by atoms with Gasteiger partial charge in [-0.05, 0) is 32.0 Å². The zero-order chi connectivity index (χ0) is 10.9. The lowest BCUT2D eigenvalue weighted by Gasteiger charge is -2.20. The van der Waals surface area contributed by atoms with E-state index in [1.165, 1.54) is 44.6 Å². The molecule has 0 atom stereocenters. The van der Waals surface area contributed by atoms with Crippen molar-refractivity contribution in [2.45, 2.75) is 57.7 Å². The number of rotatable bonds is 9. The lowest BCUT2D eigenvalue weighted by molar-refractivity contribution is 0.581. The normalized spacial score (nSPS) is 11.9. The van der Waals surface area contributed by atoms with Crippen LogP contribution in [0, 0.1) is 0 Å². The van der Waals surface area contributed by atoms with Crippen molar-refractivity contribution in [1.29, 1.82) is 0 Å². The Balaban J connectivity index is 3.17. The third-order valence-electron chi connectivity index (χ3n) is 2.74. The summed E-state index contributed by atoms with van der Waals surface area (Å²) in [6.07, 6.45) is 10.0. The van der Waals surface area contributed by atoms with Gasteiger partial charge in [-0.15, -0.1) is 6.58 Å². The summed E-state index contributed by atoms with van der Waals surface area (Å²) < 4.78 is 5.65. The van der Waals surface area contributed by atoms with Crippen LogP contribution in [-0.4, -0.2) is 18.8 Å². The van der Waals surface area contributed by atoms with Crippen LogP contribution >= 0.6 is 0 Å². The van der Waals surface area contributed by atoms with E-state index in [-0.39, 0.29) is 0 Å². The minimum Gasteiger partial charge on any atom is -0.463 e. The maximum Gasteiger partial charge on any atom is 0.172 e. The van der Waals surface area contributed by atoms with E-state index in [1.807, 2.05) is 6.08 Å². The Morgan fingerprint density at radius 1 is 1.14 bits per heavy atom. The van der Waals surface area contributed by atoms with E-state index < -0.39 is 8.32 Å². The number of unbranched alkanes of at least 4 members (excludes halogenated alkanes) is 5. The van der Waals surface area contributed by atoms with Gasteiger partial charge < -0.3 is 4.12 Å². The van der Waals surface area contributed by atoms with Gasteiger partial charge >= 0.3 is 0 Å². The predicted octanol–water partition coefficient (Wildman–Crippen LogP) is 3.02. The zero-order valence-corrected chi connectivity index (χ0v) is 13.1. The second kappa shape index (κ2) is 8.44. The Morgan fingerprint density at radius 3 is 2.29 bits per heavy atom. The molecule has 0 amide bonds. The summed E-state index contributed by atoms with van der Waals surface area (Å²) >= 11 is 0. The molecule has 0 aliphatic heterocycles. The molecule has 0 bridgehead atoms. The first-order valence-corrected chi connectivity index (χ1v) is 9.71. The molecule has 84 valence electrons. The van der Waals surface area contributed by atoms with Crippen molar-refractivity contribution in [1.82, 2.24) is 0 Å². The van der Waals surface area contributed by atoms with E-state index in [1.54, 1.807) is 0 Å². The molecule has 0 aromatic rings. The molecule has 0 heterocycles. The fourth-order valence-electron chi connectivity index (χ4n) is 1.47. The average molecular weight is 230 g/mol. The van der Waals surface area contributed by atoms with Crippen LogP contribution in [0.15, 0.2) is 12.7 Å². The van der Waals surface area contributed by atoms with Gasteiger partial charge in [0.25, 0.3) is 0 Å². The van der Waals surface area contributed by atoms with Crippen molar-refractivity contribution in [2.24, 2.45) is 0 Å². The van der Waals surface area contributed by atoms with Crippen molar-refractivity contribution < 1.29 is 4.12 Å². The molecule has 0 spiro atoms. The van der Waals surface area contributed by atoms with Crippen molar-refractivity contribution in [3.8, 4) is 0 Å². The first-order valence-electron chi connectivity index (χ1n) is 5.78. The van der Waals surface area contributed by atoms with E-state index in [4.69, 9.17) is 4.12 Å². The Morgan fingerprint density at radius 2 is 1.71 bits per heavy atom. The van der Waals surface area contributed by atoms with Crippen LogP contribution in [0.25, 0.3) is 0 Å². The summed E-state index contributed by atoms with van der Waals surface area (Å²) in [5.41, 5.74) is 0. The van der Waals surface area contributed by atoms with E-state index in [0.29, 0.717) is 0 Å². The monoisotopic (exact) mass is 230 g/mol. The molecule has 0 saturated heterocycles. The largest absolute Gasteiger partial charge is 0.463 e. The topological polar surface area (TPSA) is 9.23 Å². The fourth-order valence-corrected chi connectivity index (χ4v) is 3.39. The van der Waals surface area contributed by atoms with Gasteiger partial charge in [0.15, 0.2) is 8.32 Å². The number of hydrogen-bond acceptors (Lipinski definition) is 1. The highest BCUT2D eigenvalue weighted by atomic mass is 28.4. The molecule has 0 aromatic carbocycles. The molecule has 0 fully saturated rings. The lowest BCUT2D eigenvalue weighted by Crippen LogP contribution is -2.28. The third kappa shape index (κ3) is 8.72. The second-order valence-electron chi connectivity index (χ2n) is 4.56.